The summed E-state index contributed by atoms with van der Waals surface area (Å²) in [7, 11) is 0. The molecule has 1 heterocycles. The van der Waals surface area contributed by atoms with Gasteiger partial charge in [0.1, 0.15) is 11.3 Å². The molecule has 4 aromatic rings. The van der Waals surface area contributed by atoms with Crippen molar-refractivity contribution >= 4 is 34.3 Å². The Hall–Kier alpha value is -3.71. The molecule has 2 N–H and O–H groups in total. The number of fused-ring (bicyclic) bond motifs is 1. The minimum atomic E-state index is -0.271. The molecule has 7 heteroatoms. The fourth-order valence-electron chi connectivity index (χ4n) is 3.46. The second-order valence-electron chi connectivity index (χ2n) is 8.19. The minimum absolute atomic E-state index is 0.267. The number of aromatic nitrogens is 1. The van der Waals surface area contributed by atoms with Gasteiger partial charge in [0.2, 0.25) is 5.89 Å². The van der Waals surface area contributed by atoms with E-state index >= 15 is 0 Å². The molecule has 0 spiro atoms. The normalized spacial score (nSPS) is 10.9. The van der Waals surface area contributed by atoms with Gasteiger partial charge in [-0.05, 0) is 84.7 Å². The Morgan fingerprint density at radius 1 is 1.06 bits per heavy atom. The SMILES string of the molecule is CCOc1ccc(C(=O)NC(=S)NCc2ccc(-c3nc4cc(C(C)C)ccc4o3)cc2)cc1. The van der Waals surface area contributed by atoms with Crippen LogP contribution in [0.3, 0.4) is 0 Å². The lowest BCUT2D eigenvalue weighted by Gasteiger charge is -2.10. The first kappa shape index (κ1) is 23.4. The summed E-state index contributed by atoms with van der Waals surface area (Å²) < 4.78 is 11.3. The van der Waals surface area contributed by atoms with Gasteiger partial charge in [0.25, 0.3) is 5.91 Å². The standard InChI is InChI=1S/C27H27N3O3S/c1-4-32-22-12-9-19(10-13-22)25(31)30-27(34)28-16-18-5-7-20(8-6-18)26-29-23-15-21(17(2)3)11-14-24(23)33-26/h5-15,17H,4,16H2,1-3H3,(H2,28,30,31,34). The van der Waals surface area contributed by atoms with E-state index in [1.807, 2.05) is 37.3 Å². The number of benzene rings is 3. The number of nitrogens with zero attached hydrogens (tertiary/aromatic N) is 1. The van der Waals surface area contributed by atoms with Crippen molar-refractivity contribution in [1.29, 1.82) is 0 Å². The lowest BCUT2D eigenvalue weighted by atomic mass is 10.0. The average molecular weight is 474 g/mol. The van der Waals surface area contributed by atoms with Crippen LogP contribution in [-0.4, -0.2) is 22.6 Å². The molecule has 4 rings (SSSR count). The van der Waals surface area contributed by atoms with Gasteiger partial charge in [-0.2, -0.15) is 0 Å². The molecular formula is C27H27N3O3S. The van der Waals surface area contributed by atoms with Gasteiger partial charge in [-0.25, -0.2) is 4.98 Å². The van der Waals surface area contributed by atoms with Gasteiger partial charge in [-0.15, -0.1) is 0 Å². The molecule has 0 fully saturated rings. The number of hydrogen-bond acceptors (Lipinski definition) is 5. The maximum absolute atomic E-state index is 12.4. The van der Waals surface area contributed by atoms with Gasteiger partial charge in [0.05, 0.1) is 6.61 Å². The van der Waals surface area contributed by atoms with Crippen molar-refractivity contribution in [3.05, 3.63) is 83.4 Å². The van der Waals surface area contributed by atoms with E-state index in [0.717, 1.165) is 28.0 Å². The molecule has 0 aliphatic rings. The molecule has 0 saturated heterocycles. The van der Waals surface area contributed by atoms with E-state index < -0.39 is 0 Å². The van der Waals surface area contributed by atoms with Crippen LogP contribution in [-0.2, 0) is 6.54 Å². The molecule has 1 aromatic heterocycles. The number of oxazole rings is 1. The molecule has 34 heavy (non-hydrogen) atoms. The fourth-order valence-corrected chi connectivity index (χ4v) is 3.63. The first-order chi connectivity index (χ1) is 16.4. The Labute approximate surface area is 204 Å². The van der Waals surface area contributed by atoms with Gasteiger partial charge >= 0.3 is 0 Å². The van der Waals surface area contributed by atoms with Crippen molar-refractivity contribution in [2.75, 3.05) is 6.61 Å². The highest BCUT2D eigenvalue weighted by molar-refractivity contribution is 7.80. The van der Waals surface area contributed by atoms with Crippen molar-refractivity contribution in [2.45, 2.75) is 33.2 Å². The van der Waals surface area contributed by atoms with E-state index in [-0.39, 0.29) is 11.0 Å². The van der Waals surface area contributed by atoms with Crippen molar-refractivity contribution in [3.8, 4) is 17.2 Å². The molecule has 0 atom stereocenters. The van der Waals surface area contributed by atoms with Crippen LogP contribution in [0.25, 0.3) is 22.6 Å². The molecule has 174 valence electrons. The smallest absolute Gasteiger partial charge is 0.257 e. The highest BCUT2D eigenvalue weighted by Crippen LogP contribution is 2.27. The third kappa shape index (κ3) is 5.61. The number of carbonyl (C=O) groups is 1. The Kier molecular flexibility index (Phi) is 7.23. The van der Waals surface area contributed by atoms with E-state index in [2.05, 4.69) is 41.6 Å². The highest BCUT2D eigenvalue weighted by atomic mass is 32.1. The van der Waals surface area contributed by atoms with E-state index in [4.69, 9.17) is 21.4 Å². The summed E-state index contributed by atoms with van der Waals surface area (Å²) in [6.45, 7) is 7.29. The zero-order valence-electron chi connectivity index (χ0n) is 19.4. The topological polar surface area (TPSA) is 76.4 Å². The summed E-state index contributed by atoms with van der Waals surface area (Å²) in [6.07, 6.45) is 0. The van der Waals surface area contributed by atoms with E-state index in [9.17, 15) is 4.79 Å². The zero-order valence-corrected chi connectivity index (χ0v) is 20.2. The van der Waals surface area contributed by atoms with Crippen LogP contribution < -0.4 is 15.4 Å². The largest absolute Gasteiger partial charge is 0.494 e. The summed E-state index contributed by atoms with van der Waals surface area (Å²) >= 11 is 5.27. The van der Waals surface area contributed by atoms with Crippen LogP contribution >= 0.6 is 12.2 Å². The second-order valence-corrected chi connectivity index (χ2v) is 8.60. The van der Waals surface area contributed by atoms with Crippen molar-refractivity contribution in [2.24, 2.45) is 0 Å². The van der Waals surface area contributed by atoms with E-state index in [0.29, 0.717) is 30.5 Å². The molecule has 0 unspecified atom stereocenters. The number of ether oxygens (including phenoxy) is 1. The summed E-state index contributed by atoms with van der Waals surface area (Å²) in [5.41, 5.74) is 5.30. The molecule has 0 aliphatic carbocycles. The Morgan fingerprint density at radius 3 is 2.47 bits per heavy atom. The van der Waals surface area contributed by atoms with E-state index in [1.54, 1.807) is 24.3 Å². The predicted molar refractivity (Wildman–Crippen MR) is 138 cm³/mol. The van der Waals surface area contributed by atoms with E-state index in [1.165, 1.54) is 5.56 Å². The number of rotatable bonds is 7. The Bertz CT molecular complexity index is 1300. The molecule has 1 amide bonds. The minimum Gasteiger partial charge on any atom is -0.494 e. The molecule has 0 aliphatic heterocycles. The van der Waals surface area contributed by atoms with Crippen LogP contribution in [0, 0.1) is 0 Å². The third-order valence-electron chi connectivity index (χ3n) is 5.39. The summed E-state index contributed by atoms with van der Waals surface area (Å²) in [4.78, 5) is 17.0. The molecule has 6 nitrogen and oxygen atoms in total. The first-order valence-corrected chi connectivity index (χ1v) is 11.7. The maximum atomic E-state index is 12.4. The van der Waals surface area contributed by atoms with Crippen LogP contribution in [0.5, 0.6) is 5.75 Å². The van der Waals surface area contributed by atoms with Crippen molar-refractivity contribution < 1.29 is 13.9 Å². The van der Waals surface area contributed by atoms with Crippen molar-refractivity contribution in [1.82, 2.24) is 15.6 Å². The molecule has 0 radical (unpaired) electrons. The zero-order chi connectivity index (χ0) is 24.1. The highest BCUT2D eigenvalue weighted by Gasteiger charge is 2.11. The van der Waals surface area contributed by atoms with Crippen LogP contribution in [0.2, 0.25) is 0 Å². The van der Waals surface area contributed by atoms with Crippen molar-refractivity contribution in [3.63, 3.8) is 0 Å². The number of carbonyl (C=O) groups excluding carboxylic acids is 1. The predicted octanol–water partition coefficient (Wildman–Crippen LogP) is 5.82. The lowest BCUT2D eigenvalue weighted by molar-refractivity contribution is 0.0976. The molecular weight excluding hydrogens is 446 g/mol. The fraction of sp³-hybridized carbons (Fsp3) is 0.222. The summed E-state index contributed by atoms with van der Waals surface area (Å²) in [5.74, 6) is 1.48. The summed E-state index contributed by atoms with van der Waals surface area (Å²) in [6, 6.07) is 21.0. The maximum Gasteiger partial charge on any atom is 0.257 e. The molecule has 3 aromatic carbocycles. The first-order valence-electron chi connectivity index (χ1n) is 11.2. The van der Waals surface area contributed by atoms with Crippen LogP contribution in [0.1, 0.15) is 48.2 Å². The van der Waals surface area contributed by atoms with Gasteiger partial charge in [0.15, 0.2) is 10.7 Å². The number of nitrogens with one attached hydrogen (secondary N) is 2. The van der Waals surface area contributed by atoms with Gasteiger partial charge in [-0.3, -0.25) is 10.1 Å². The van der Waals surface area contributed by atoms with Gasteiger partial charge < -0.3 is 14.5 Å². The Balaban J connectivity index is 1.33. The van der Waals surface area contributed by atoms with Crippen LogP contribution in [0.4, 0.5) is 0 Å². The number of hydrogen-bond donors (Lipinski definition) is 2. The van der Waals surface area contributed by atoms with Gasteiger partial charge in [0, 0.05) is 17.7 Å². The molecule has 0 saturated carbocycles. The number of amides is 1. The molecule has 0 bridgehead atoms. The van der Waals surface area contributed by atoms with Gasteiger partial charge in [-0.1, -0.05) is 32.0 Å². The monoisotopic (exact) mass is 473 g/mol. The number of thiocarbonyl (C=S) groups is 1. The third-order valence-corrected chi connectivity index (χ3v) is 5.63. The quantitative estimate of drug-likeness (QED) is 0.329. The Morgan fingerprint density at radius 2 is 1.79 bits per heavy atom. The summed E-state index contributed by atoms with van der Waals surface area (Å²) in [5, 5.41) is 6.03. The second kappa shape index (κ2) is 10.5. The lowest BCUT2D eigenvalue weighted by Crippen LogP contribution is -2.38. The van der Waals surface area contributed by atoms with Crippen LogP contribution in [0.15, 0.2) is 71.1 Å². The average Bonchev–Trinajstić information content (AvgIpc) is 3.27.